The van der Waals surface area contributed by atoms with E-state index in [1.54, 1.807) is 18.3 Å². The second-order valence-corrected chi connectivity index (χ2v) is 4.30. The minimum absolute atomic E-state index is 0.266. The topological polar surface area (TPSA) is 96.5 Å². The molecule has 0 unspecified atom stereocenters. The van der Waals surface area contributed by atoms with Crippen molar-refractivity contribution >= 4 is 17.5 Å². The van der Waals surface area contributed by atoms with Gasteiger partial charge in [0.2, 0.25) is 5.91 Å². The van der Waals surface area contributed by atoms with Crippen molar-refractivity contribution in [1.82, 2.24) is 4.98 Å². The number of carbonyl (C=O) groups excluding carboxylic acids is 2. The summed E-state index contributed by atoms with van der Waals surface area (Å²) >= 11 is 0. The number of hydrogen-bond donors (Lipinski definition) is 2. The maximum atomic E-state index is 11.7. The number of primary amides is 1. The molecule has 0 radical (unpaired) electrons. The predicted octanol–water partition coefficient (Wildman–Crippen LogP) is 1.63. The van der Waals surface area contributed by atoms with E-state index in [0.29, 0.717) is 23.6 Å². The van der Waals surface area contributed by atoms with Gasteiger partial charge in [0.1, 0.15) is 0 Å². The van der Waals surface area contributed by atoms with Crippen LogP contribution >= 0.6 is 0 Å². The Kier molecular flexibility index (Phi) is 6.52. The van der Waals surface area contributed by atoms with Crippen LogP contribution in [0.3, 0.4) is 0 Å². The predicted molar refractivity (Wildman–Crippen MR) is 70.4 cm³/mol. The Hall–Kier alpha value is -1.95. The number of hydroxylamine groups is 1. The Bertz CT molecular complexity index is 409. The van der Waals surface area contributed by atoms with Gasteiger partial charge in [-0.1, -0.05) is 12.8 Å². The van der Waals surface area contributed by atoms with Crippen LogP contribution in [0.5, 0.6) is 0 Å². The lowest BCUT2D eigenvalue weighted by molar-refractivity contribution is -0.123. The van der Waals surface area contributed by atoms with Crippen molar-refractivity contribution in [2.75, 3.05) is 5.06 Å². The third kappa shape index (κ3) is 5.96. The van der Waals surface area contributed by atoms with E-state index < -0.39 is 0 Å². The zero-order chi connectivity index (χ0) is 14.1. The summed E-state index contributed by atoms with van der Waals surface area (Å²) in [7, 11) is 0. The quantitative estimate of drug-likeness (QED) is 0.424. The van der Waals surface area contributed by atoms with Crippen molar-refractivity contribution < 1.29 is 14.8 Å². The fourth-order valence-electron chi connectivity index (χ4n) is 1.66. The Morgan fingerprint density at radius 3 is 2.47 bits per heavy atom. The SMILES string of the molecule is NC(=O)CCCCCCC(=O)N(O)c1cccnc1. The van der Waals surface area contributed by atoms with E-state index >= 15 is 0 Å². The number of aromatic nitrogens is 1. The molecule has 0 atom stereocenters. The molecule has 0 aliphatic heterocycles. The van der Waals surface area contributed by atoms with Gasteiger partial charge in [-0.3, -0.25) is 19.8 Å². The van der Waals surface area contributed by atoms with Crippen LogP contribution in [0.1, 0.15) is 38.5 Å². The largest absolute Gasteiger partial charge is 0.370 e. The molecule has 0 aromatic carbocycles. The molecular weight excluding hydrogens is 246 g/mol. The molecule has 2 amide bonds. The first-order valence-electron chi connectivity index (χ1n) is 6.31. The second-order valence-electron chi connectivity index (χ2n) is 4.30. The van der Waals surface area contributed by atoms with Crippen LogP contribution in [0, 0.1) is 0 Å². The fraction of sp³-hybridized carbons (Fsp3) is 0.462. The molecule has 0 spiro atoms. The van der Waals surface area contributed by atoms with Crippen molar-refractivity contribution in [2.45, 2.75) is 38.5 Å². The summed E-state index contributed by atoms with van der Waals surface area (Å²) in [4.78, 5) is 26.0. The number of rotatable bonds is 8. The van der Waals surface area contributed by atoms with E-state index in [1.165, 1.54) is 6.20 Å². The summed E-state index contributed by atoms with van der Waals surface area (Å²) in [6.45, 7) is 0. The summed E-state index contributed by atoms with van der Waals surface area (Å²) in [5.41, 5.74) is 5.38. The lowest BCUT2D eigenvalue weighted by Gasteiger charge is -2.14. The summed E-state index contributed by atoms with van der Waals surface area (Å²) in [5, 5.41) is 10.3. The Balaban J connectivity index is 2.19. The maximum Gasteiger partial charge on any atom is 0.250 e. The maximum absolute atomic E-state index is 11.7. The first-order valence-corrected chi connectivity index (χ1v) is 6.31. The Morgan fingerprint density at radius 1 is 1.21 bits per heavy atom. The van der Waals surface area contributed by atoms with Crippen LogP contribution in [-0.4, -0.2) is 22.0 Å². The Morgan fingerprint density at radius 2 is 1.89 bits per heavy atom. The molecule has 1 aromatic heterocycles. The molecule has 0 saturated carbocycles. The van der Waals surface area contributed by atoms with Gasteiger partial charge in [-0.2, -0.15) is 5.06 Å². The van der Waals surface area contributed by atoms with Crippen LogP contribution in [0.25, 0.3) is 0 Å². The van der Waals surface area contributed by atoms with Gasteiger partial charge in [0.05, 0.1) is 11.9 Å². The molecule has 0 aliphatic carbocycles. The molecule has 0 aliphatic rings. The normalized spacial score (nSPS) is 10.2. The highest BCUT2D eigenvalue weighted by Gasteiger charge is 2.12. The van der Waals surface area contributed by atoms with Gasteiger partial charge in [0, 0.05) is 19.0 Å². The molecule has 6 nitrogen and oxygen atoms in total. The van der Waals surface area contributed by atoms with Gasteiger partial charge in [0.15, 0.2) is 0 Å². The first-order chi connectivity index (χ1) is 9.11. The van der Waals surface area contributed by atoms with Crippen molar-refractivity contribution in [3.8, 4) is 0 Å². The van der Waals surface area contributed by atoms with Gasteiger partial charge in [-0.15, -0.1) is 0 Å². The van der Waals surface area contributed by atoms with Crippen molar-refractivity contribution in [1.29, 1.82) is 0 Å². The smallest absolute Gasteiger partial charge is 0.250 e. The van der Waals surface area contributed by atoms with Crippen LogP contribution in [-0.2, 0) is 9.59 Å². The van der Waals surface area contributed by atoms with Crippen LogP contribution in [0.2, 0.25) is 0 Å². The third-order valence-electron chi connectivity index (χ3n) is 2.69. The van der Waals surface area contributed by atoms with E-state index in [-0.39, 0.29) is 18.2 Å². The van der Waals surface area contributed by atoms with Gasteiger partial charge < -0.3 is 5.73 Å². The fourth-order valence-corrected chi connectivity index (χ4v) is 1.66. The van der Waals surface area contributed by atoms with Crippen LogP contribution < -0.4 is 10.8 Å². The number of unbranched alkanes of at least 4 members (excludes halogenated alkanes) is 3. The molecular formula is C13H19N3O3. The van der Waals surface area contributed by atoms with Gasteiger partial charge in [-0.05, 0) is 25.0 Å². The van der Waals surface area contributed by atoms with Gasteiger partial charge in [0.25, 0.3) is 5.91 Å². The first kappa shape index (κ1) is 15.1. The van der Waals surface area contributed by atoms with Crippen molar-refractivity contribution in [3.63, 3.8) is 0 Å². The second kappa shape index (κ2) is 8.20. The average Bonchev–Trinajstić information content (AvgIpc) is 2.42. The summed E-state index contributed by atoms with van der Waals surface area (Å²) in [6, 6.07) is 3.26. The highest BCUT2D eigenvalue weighted by atomic mass is 16.5. The van der Waals surface area contributed by atoms with E-state index in [1.807, 2.05) is 0 Å². The molecule has 0 bridgehead atoms. The minimum atomic E-state index is -0.358. The van der Waals surface area contributed by atoms with E-state index in [2.05, 4.69) is 4.98 Å². The number of nitrogens with two attached hydrogens (primary N) is 1. The van der Waals surface area contributed by atoms with Gasteiger partial charge >= 0.3 is 0 Å². The molecule has 1 rings (SSSR count). The molecule has 1 aromatic rings. The zero-order valence-corrected chi connectivity index (χ0v) is 10.8. The van der Waals surface area contributed by atoms with Crippen molar-refractivity contribution in [3.05, 3.63) is 24.5 Å². The molecule has 19 heavy (non-hydrogen) atoms. The molecule has 6 heteroatoms. The molecule has 0 saturated heterocycles. The summed E-state index contributed by atoms with van der Waals surface area (Å²) in [5.74, 6) is -0.655. The molecule has 104 valence electrons. The number of carbonyl (C=O) groups is 2. The van der Waals surface area contributed by atoms with E-state index in [0.717, 1.165) is 19.3 Å². The standard InChI is InChI=1S/C13H19N3O3/c14-12(17)7-3-1-2-4-8-13(18)16(19)11-6-5-9-15-10-11/h5-6,9-10,19H,1-4,7-8H2,(H2,14,17). The zero-order valence-electron chi connectivity index (χ0n) is 10.8. The monoisotopic (exact) mass is 265 g/mol. The Labute approximate surface area is 112 Å². The lowest BCUT2D eigenvalue weighted by Crippen LogP contribution is -2.26. The number of amides is 2. The third-order valence-corrected chi connectivity index (χ3v) is 2.69. The highest BCUT2D eigenvalue weighted by Crippen LogP contribution is 2.12. The number of anilines is 1. The summed E-state index contributed by atoms with van der Waals surface area (Å²) in [6.07, 6.45) is 6.75. The lowest BCUT2D eigenvalue weighted by atomic mass is 10.1. The van der Waals surface area contributed by atoms with Crippen molar-refractivity contribution in [2.24, 2.45) is 5.73 Å². The molecule has 3 N–H and O–H groups in total. The van der Waals surface area contributed by atoms with Crippen LogP contribution in [0.4, 0.5) is 5.69 Å². The van der Waals surface area contributed by atoms with E-state index in [4.69, 9.17) is 5.73 Å². The number of nitrogens with zero attached hydrogens (tertiary/aromatic N) is 2. The van der Waals surface area contributed by atoms with Gasteiger partial charge in [-0.25, -0.2) is 0 Å². The average molecular weight is 265 g/mol. The highest BCUT2D eigenvalue weighted by molar-refractivity contribution is 5.90. The number of hydrogen-bond acceptors (Lipinski definition) is 4. The molecule has 0 fully saturated rings. The van der Waals surface area contributed by atoms with Crippen LogP contribution in [0.15, 0.2) is 24.5 Å². The molecule has 1 heterocycles. The summed E-state index contributed by atoms with van der Waals surface area (Å²) < 4.78 is 0. The number of pyridine rings is 1. The minimum Gasteiger partial charge on any atom is -0.370 e. The van der Waals surface area contributed by atoms with E-state index in [9.17, 15) is 14.8 Å².